The van der Waals surface area contributed by atoms with Gasteiger partial charge in [0, 0.05) is 5.69 Å². The van der Waals surface area contributed by atoms with E-state index in [0.717, 1.165) is 0 Å². The molecule has 0 spiro atoms. The van der Waals surface area contributed by atoms with E-state index in [0.29, 0.717) is 18.0 Å². The van der Waals surface area contributed by atoms with Gasteiger partial charge >= 0.3 is 0 Å². The molecule has 1 aliphatic heterocycles. The summed E-state index contributed by atoms with van der Waals surface area (Å²) < 4.78 is 0. The molecule has 2 amide bonds. The fraction of sp³-hybridized carbons (Fsp3) is 0.455. The normalized spacial score (nSPS) is 23.7. The van der Waals surface area contributed by atoms with Crippen LogP contribution in [0.3, 0.4) is 0 Å². The van der Waals surface area contributed by atoms with Gasteiger partial charge in [-0.1, -0.05) is 43.5 Å². The maximum absolute atomic E-state index is 12.6. The minimum atomic E-state index is -0.943. The molecule has 0 saturated heterocycles. The standard InChI is InChI=1S/C22H28N2O3/c1-3-4-14-22(2)19(25)18(21(27)24-22)20(26)23-17-12-10-16(11-13-17)15-8-6-5-7-9-15/h3-4,10-13,15,25H,5-9,14H2,1-2H3,(H,23,26)(H,24,27)/b4-3+. The molecule has 0 radical (unpaired) electrons. The van der Waals surface area contributed by atoms with Crippen LogP contribution in [0.5, 0.6) is 0 Å². The Labute approximate surface area is 160 Å². The van der Waals surface area contributed by atoms with Gasteiger partial charge in [0.2, 0.25) is 0 Å². The predicted octanol–water partition coefficient (Wildman–Crippen LogP) is 4.34. The number of benzene rings is 1. The lowest BCUT2D eigenvalue weighted by atomic mass is 9.84. The van der Waals surface area contributed by atoms with E-state index in [2.05, 4.69) is 10.6 Å². The zero-order valence-corrected chi connectivity index (χ0v) is 16.0. The highest BCUT2D eigenvalue weighted by molar-refractivity contribution is 6.24. The van der Waals surface area contributed by atoms with Crippen molar-refractivity contribution in [3.8, 4) is 0 Å². The molecule has 1 aliphatic carbocycles. The van der Waals surface area contributed by atoms with Gasteiger partial charge in [0.1, 0.15) is 11.3 Å². The third-order valence-electron chi connectivity index (χ3n) is 5.61. The summed E-state index contributed by atoms with van der Waals surface area (Å²) in [5.74, 6) is -0.736. The molecule has 1 atom stereocenters. The molecule has 1 aromatic rings. The van der Waals surface area contributed by atoms with Crippen molar-refractivity contribution in [1.82, 2.24) is 5.32 Å². The summed E-state index contributed by atoms with van der Waals surface area (Å²) in [6.45, 7) is 3.57. The van der Waals surface area contributed by atoms with Gasteiger partial charge in [-0.25, -0.2) is 0 Å². The molecular weight excluding hydrogens is 340 g/mol. The van der Waals surface area contributed by atoms with Crippen molar-refractivity contribution in [2.75, 3.05) is 5.32 Å². The van der Waals surface area contributed by atoms with Gasteiger partial charge in [0.05, 0.1) is 5.54 Å². The number of allylic oxidation sites excluding steroid dienone is 1. The molecule has 1 saturated carbocycles. The molecule has 5 heteroatoms. The van der Waals surface area contributed by atoms with Crippen molar-refractivity contribution in [3.05, 3.63) is 53.3 Å². The average molecular weight is 368 g/mol. The maximum Gasteiger partial charge on any atom is 0.264 e. The number of hydrogen-bond donors (Lipinski definition) is 3. The summed E-state index contributed by atoms with van der Waals surface area (Å²) in [4.78, 5) is 24.8. The molecule has 1 aromatic carbocycles. The first-order valence-corrected chi connectivity index (χ1v) is 9.73. The van der Waals surface area contributed by atoms with Crippen LogP contribution in [0, 0.1) is 0 Å². The van der Waals surface area contributed by atoms with E-state index in [1.807, 2.05) is 43.3 Å². The van der Waals surface area contributed by atoms with E-state index in [-0.39, 0.29) is 11.3 Å². The van der Waals surface area contributed by atoms with E-state index in [4.69, 9.17) is 0 Å². The van der Waals surface area contributed by atoms with E-state index >= 15 is 0 Å². The number of aliphatic hydroxyl groups is 1. The number of carbonyl (C=O) groups is 2. The Balaban J connectivity index is 1.71. The monoisotopic (exact) mass is 368 g/mol. The molecule has 1 heterocycles. The number of hydrogen-bond acceptors (Lipinski definition) is 3. The lowest BCUT2D eigenvalue weighted by molar-refractivity contribution is -0.121. The largest absolute Gasteiger partial charge is 0.509 e. The highest BCUT2D eigenvalue weighted by Gasteiger charge is 2.43. The SMILES string of the molecule is C/C=C/CC1(C)NC(=O)C(C(=O)Nc2ccc(C3CCCCC3)cc2)=C1O. The van der Waals surface area contributed by atoms with Crippen LogP contribution in [0.2, 0.25) is 0 Å². The van der Waals surface area contributed by atoms with Gasteiger partial charge in [0.25, 0.3) is 11.8 Å². The smallest absolute Gasteiger partial charge is 0.264 e. The Hall–Kier alpha value is -2.56. The second-order valence-corrected chi connectivity index (χ2v) is 7.69. The fourth-order valence-corrected chi connectivity index (χ4v) is 3.94. The summed E-state index contributed by atoms with van der Waals surface area (Å²) >= 11 is 0. The first kappa shape index (κ1) is 19.2. The number of aliphatic hydroxyl groups excluding tert-OH is 1. The van der Waals surface area contributed by atoms with Crippen molar-refractivity contribution < 1.29 is 14.7 Å². The second-order valence-electron chi connectivity index (χ2n) is 7.69. The zero-order chi connectivity index (χ0) is 19.4. The van der Waals surface area contributed by atoms with Crippen LogP contribution in [0.4, 0.5) is 5.69 Å². The Morgan fingerprint density at radius 2 is 1.93 bits per heavy atom. The molecule has 1 fully saturated rings. The van der Waals surface area contributed by atoms with Gasteiger partial charge < -0.3 is 15.7 Å². The molecular formula is C22H28N2O3. The Morgan fingerprint density at radius 3 is 2.56 bits per heavy atom. The van der Waals surface area contributed by atoms with Crippen LogP contribution in [0.15, 0.2) is 47.7 Å². The highest BCUT2D eigenvalue weighted by Crippen LogP contribution is 2.33. The Bertz CT molecular complexity index is 773. The quantitative estimate of drug-likeness (QED) is 0.534. The van der Waals surface area contributed by atoms with Gasteiger partial charge in [-0.05, 0) is 56.7 Å². The third kappa shape index (κ3) is 4.07. The van der Waals surface area contributed by atoms with E-state index in [9.17, 15) is 14.7 Å². The molecule has 1 unspecified atom stereocenters. The first-order chi connectivity index (χ1) is 12.9. The van der Waals surface area contributed by atoms with Crippen LogP contribution in [-0.4, -0.2) is 22.5 Å². The molecule has 27 heavy (non-hydrogen) atoms. The molecule has 5 nitrogen and oxygen atoms in total. The summed E-state index contributed by atoms with van der Waals surface area (Å²) in [7, 11) is 0. The molecule has 3 N–H and O–H groups in total. The summed E-state index contributed by atoms with van der Waals surface area (Å²) in [5.41, 5.74) is 0.765. The van der Waals surface area contributed by atoms with Crippen molar-refractivity contribution in [2.24, 2.45) is 0 Å². The number of amides is 2. The van der Waals surface area contributed by atoms with Gasteiger partial charge in [-0.3, -0.25) is 9.59 Å². The van der Waals surface area contributed by atoms with Crippen LogP contribution >= 0.6 is 0 Å². The number of rotatable bonds is 5. The van der Waals surface area contributed by atoms with E-state index in [1.165, 1.54) is 37.7 Å². The Morgan fingerprint density at radius 1 is 1.26 bits per heavy atom. The fourth-order valence-electron chi connectivity index (χ4n) is 3.94. The number of carbonyl (C=O) groups excluding carboxylic acids is 2. The van der Waals surface area contributed by atoms with E-state index < -0.39 is 17.4 Å². The van der Waals surface area contributed by atoms with Crippen LogP contribution < -0.4 is 10.6 Å². The molecule has 144 valence electrons. The van der Waals surface area contributed by atoms with Crippen molar-refractivity contribution in [2.45, 2.75) is 63.8 Å². The summed E-state index contributed by atoms with van der Waals surface area (Å²) in [6, 6.07) is 7.83. The summed E-state index contributed by atoms with van der Waals surface area (Å²) in [6.07, 6.45) is 10.4. The van der Waals surface area contributed by atoms with Crippen LogP contribution in [-0.2, 0) is 9.59 Å². The van der Waals surface area contributed by atoms with Crippen LogP contribution in [0.1, 0.15) is 63.9 Å². The average Bonchev–Trinajstić information content (AvgIpc) is 2.90. The predicted molar refractivity (Wildman–Crippen MR) is 107 cm³/mol. The minimum Gasteiger partial charge on any atom is -0.509 e. The van der Waals surface area contributed by atoms with E-state index in [1.54, 1.807) is 6.92 Å². The maximum atomic E-state index is 12.6. The van der Waals surface area contributed by atoms with Crippen LogP contribution in [0.25, 0.3) is 0 Å². The molecule has 0 aromatic heterocycles. The van der Waals surface area contributed by atoms with Crippen molar-refractivity contribution in [1.29, 1.82) is 0 Å². The van der Waals surface area contributed by atoms with Gasteiger partial charge in [-0.15, -0.1) is 0 Å². The zero-order valence-electron chi connectivity index (χ0n) is 16.0. The molecule has 0 bridgehead atoms. The minimum absolute atomic E-state index is 0.207. The highest BCUT2D eigenvalue weighted by atomic mass is 16.3. The topological polar surface area (TPSA) is 78.4 Å². The third-order valence-corrected chi connectivity index (χ3v) is 5.61. The van der Waals surface area contributed by atoms with Gasteiger partial charge in [0.15, 0.2) is 0 Å². The van der Waals surface area contributed by atoms with Crippen molar-refractivity contribution in [3.63, 3.8) is 0 Å². The number of anilines is 1. The Kier molecular flexibility index (Phi) is 5.68. The lowest BCUT2D eigenvalue weighted by Gasteiger charge is -2.22. The first-order valence-electron chi connectivity index (χ1n) is 9.73. The lowest BCUT2D eigenvalue weighted by Crippen LogP contribution is -2.41. The second kappa shape index (κ2) is 7.99. The molecule has 3 rings (SSSR count). The molecule has 2 aliphatic rings. The number of nitrogens with one attached hydrogen (secondary N) is 2. The summed E-state index contributed by atoms with van der Waals surface area (Å²) in [5, 5.41) is 15.9. The van der Waals surface area contributed by atoms with Crippen molar-refractivity contribution >= 4 is 17.5 Å². The van der Waals surface area contributed by atoms with Gasteiger partial charge in [-0.2, -0.15) is 0 Å².